The van der Waals surface area contributed by atoms with Gasteiger partial charge in [0, 0.05) is 20.1 Å². The summed E-state index contributed by atoms with van der Waals surface area (Å²) in [6.07, 6.45) is 0.928. The second-order valence-corrected chi connectivity index (χ2v) is 5.59. The average Bonchev–Trinajstić information content (AvgIpc) is 2.87. The lowest BCUT2D eigenvalue weighted by Crippen LogP contribution is -2.25. The van der Waals surface area contributed by atoms with Gasteiger partial charge >= 0.3 is 0 Å². The topological polar surface area (TPSA) is 60.2 Å². The van der Waals surface area contributed by atoms with Crippen LogP contribution in [0.25, 0.3) is 0 Å². The molecule has 0 amide bonds. The van der Waals surface area contributed by atoms with Crippen LogP contribution in [0.5, 0.6) is 0 Å². The average molecular weight is 289 g/mol. The third-order valence-electron chi connectivity index (χ3n) is 3.36. The molecule has 1 heterocycles. The molecular weight excluding hydrogens is 266 g/mol. The van der Waals surface area contributed by atoms with Gasteiger partial charge < -0.3 is 9.84 Å². The van der Waals surface area contributed by atoms with Crippen molar-refractivity contribution in [2.24, 2.45) is 5.92 Å². The first-order valence-corrected chi connectivity index (χ1v) is 7.24. The summed E-state index contributed by atoms with van der Waals surface area (Å²) < 4.78 is 7.31. The van der Waals surface area contributed by atoms with Gasteiger partial charge in [0.1, 0.15) is 18.3 Å². The molecule has 2 unspecified atom stereocenters. The Bertz CT molecular complexity index is 539. The van der Waals surface area contributed by atoms with Crippen LogP contribution >= 0.6 is 0 Å². The van der Waals surface area contributed by atoms with Crippen molar-refractivity contribution >= 4 is 0 Å². The molecule has 0 aliphatic carbocycles. The fourth-order valence-electron chi connectivity index (χ4n) is 2.40. The number of ether oxygens (including phenoxy) is 1. The summed E-state index contributed by atoms with van der Waals surface area (Å²) in [5, 5.41) is 14.7. The third kappa shape index (κ3) is 4.12. The highest BCUT2D eigenvalue weighted by Crippen LogP contribution is 2.22. The third-order valence-corrected chi connectivity index (χ3v) is 3.36. The number of aliphatic hydroxyl groups excluding tert-OH is 1. The zero-order chi connectivity index (χ0) is 15.2. The van der Waals surface area contributed by atoms with E-state index in [4.69, 9.17) is 4.74 Å². The molecule has 114 valence electrons. The van der Waals surface area contributed by atoms with E-state index in [-0.39, 0.29) is 6.10 Å². The van der Waals surface area contributed by atoms with E-state index in [0.29, 0.717) is 12.3 Å². The lowest BCUT2D eigenvalue weighted by atomic mass is 10.0. The molecule has 1 aromatic heterocycles. The van der Waals surface area contributed by atoms with E-state index in [1.54, 1.807) is 7.11 Å². The molecular formula is C16H23N3O2. The van der Waals surface area contributed by atoms with Gasteiger partial charge in [-0.2, -0.15) is 5.10 Å². The zero-order valence-corrected chi connectivity index (χ0v) is 12.8. The van der Waals surface area contributed by atoms with Gasteiger partial charge in [0.25, 0.3) is 0 Å². The molecule has 0 spiro atoms. The van der Waals surface area contributed by atoms with Gasteiger partial charge in [-0.3, -0.25) is 0 Å². The fourth-order valence-corrected chi connectivity index (χ4v) is 2.40. The molecule has 0 aliphatic heterocycles. The Hall–Kier alpha value is -1.72. The van der Waals surface area contributed by atoms with Gasteiger partial charge in [-0.05, 0) is 11.5 Å². The summed E-state index contributed by atoms with van der Waals surface area (Å²) in [4.78, 5) is 4.26. The molecule has 2 rings (SSSR count). The summed E-state index contributed by atoms with van der Waals surface area (Å²) in [6.45, 7) is 5.05. The smallest absolute Gasteiger partial charge is 0.138 e. The number of hydrogen-bond acceptors (Lipinski definition) is 4. The quantitative estimate of drug-likeness (QED) is 0.849. The maximum atomic E-state index is 10.5. The van der Waals surface area contributed by atoms with Crippen LogP contribution in [0.1, 0.15) is 31.3 Å². The molecule has 0 fully saturated rings. The van der Waals surface area contributed by atoms with Gasteiger partial charge in [0.2, 0.25) is 0 Å². The SMILES string of the molecule is COC(c1ccccc1)C(O)Cc1ncnn1CC(C)C. The summed E-state index contributed by atoms with van der Waals surface area (Å²) in [5.74, 6) is 1.27. The van der Waals surface area contributed by atoms with E-state index < -0.39 is 6.10 Å². The number of benzene rings is 1. The van der Waals surface area contributed by atoms with Crippen LogP contribution in [-0.2, 0) is 17.7 Å². The predicted molar refractivity (Wildman–Crippen MR) is 80.8 cm³/mol. The van der Waals surface area contributed by atoms with Crippen molar-refractivity contribution in [3.05, 3.63) is 48.0 Å². The first kappa shape index (κ1) is 15.7. The Morgan fingerprint density at radius 1 is 1.24 bits per heavy atom. The molecule has 2 atom stereocenters. The van der Waals surface area contributed by atoms with E-state index in [2.05, 4.69) is 23.9 Å². The number of aliphatic hydroxyl groups is 1. The number of aromatic nitrogens is 3. The molecule has 0 saturated heterocycles. The number of hydrogen-bond donors (Lipinski definition) is 1. The van der Waals surface area contributed by atoms with Gasteiger partial charge in [0.05, 0.1) is 6.10 Å². The Kier molecular flexibility index (Phi) is 5.47. The fraction of sp³-hybridized carbons (Fsp3) is 0.500. The molecule has 0 radical (unpaired) electrons. The summed E-state index contributed by atoms with van der Waals surface area (Å²) >= 11 is 0. The van der Waals surface area contributed by atoms with E-state index in [0.717, 1.165) is 17.9 Å². The van der Waals surface area contributed by atoms with Crippen molar-refractivity contribution in [3.63, 3.8) is 0 Å². The van der Waals surface area contributed by atoms with Crippen LogP contribution in [-0.4, -0.2) is 33.1 Å². The van der Waals surface area contributed by atoms with Crippen molar-refractivity contribution in [2.45, 2.75) is 39.0 Å². The molecule has 5 heteroatoms. The number of nitrogens with zero attached hydrogens (tertiary/aromatic N) is 3. The van der Waals surface area contributed by atoms with Gasteiger partial charge in [-0.15, -0.1) is 0 Å². The Balaban J connectivity index is 2.09. The van der Waals surface area contributed by atoms with Crippen LogP contribution in [0.15, 0.2) is 36.7 Å². The van der Waals surface area contributed by atoms with Crippen molar-refractivity contribution in [1.29, 1.82) is 0 Å². The van der Waals surface area contributed by atoms with E-state index in [1.165, 1.54) is 6.33 Å². The Labute approximate surface area is 125 Å². The molecule has 0 aliphatic rings. The summed E-state index contributed by atoms with van der Waals surface area (Å²) in [6, 6.07) is 9.74. The Morgan fingerprint density at radius 2 is 1.95 bits per heavy atom. The van der Waals surface area contributed by atoms with E-state index >= 15 is 0 Å². The maximum Gasteiger partial charge on any atom is 0.138 e. The van der Waals surface area contributed by atoms with Gasteiger partial charge in [0.15, 0.2) is 0 Å². The normalized spacial score (nSPS) is 14.3. The molecule has 5 nitrogen and oxygen atoms in total. The highest BCUT2D eigenvalue weighted by molar-refractivity contribution is 5.19. The monoisotopic (exact) mass is 289 g/mol. The molecule has 2 aromatic rings. The lowest BCUT2D eigenvalue weighted by molar-refractivity contribution is -0.0142. The van der Waals surface area contributed by atoms with Crippen molar-refractivity contribution in [1.82, 2.24) is 14.8 Å². The van der Waals surface area contributed by atoms with Crippen LogP contribution in [0.2, 0.25) is 0 Å². The lowest BCUT2D eigenvalue weighted by Gasteiger charge is -2.22. The first-order chi connectivity index (χ1) is 10.1. The van der Waals surface area contributed by atoms with Crippen LogP contribution < -0.4 is 0 Å². The molecule has 0 bridgehead atoms. The number of rotatable bonds is 7. The predicted octanol–water partition coefficient (Wildman–Crippen LogP) is 2.23. The van der Waals surface area contributed by atoms with Crippen molar-refractivity contribution in [3.8, 4) is 0 Å². The highest BCUT2D eigenvalue weighted by atomic mass is 16.5. The zero-order valence-electron chi connectivity index (χ0n) is 12.8. The van der Waals surface area contributed by atoms with Crippen molar-refractivity contribution < 1.29 is 9.84 Å². The summed E-state index contributed by atoms with van der Waals surface area (Å²) in [7, 11) is 1.61. The second-order valence-electron chi connectivity index (χ2n) is 5.59. The van der Waals surface area contributed by atoms with E-state index in [9.17, 15) is 5.11 Å². The van der Waals surface area contributed by atoms with E-state index in [1.807, 2.05) is 35.0 Å². The van der Waals surface area contributed by atoms with Gasteiger partial charge in [-0.25, -0.2) is 9.67 Å². The van der Waals surface area contributed by atoms with Crippen LogP contribution in [0.4, 0.5) is 0 Å². The first-order valence-electron chi connectivity index (χ1n) is 7.24. The molecule has 21 heavy (non-hydrogen) atoms. The van der Waals surface area contributed by atoms with Gasteiger partial charge in [-0.1, -0.05) is 44.2 Å². The molecule has 0 saturated carbocycles. The van der Waals surface area contributed by atoms with Crippen molar-refractivity contribution in [2.75, 3.05) is 7.11 Å². The summed E-state index contributed by atoms with van der Waals surface area (Å²) in [5.41, 5.74) is 0.961. The maximum absolute atomic E-state index is 10.5. The highest BCUT2D eigenvalue weighted by Gasteiger charge is 2.23. The standard InChI is InChI=1S/C16H23N3O2/c1-12(2)10-19-15(17-11-18-19)9-14(20)16(21-3)13-7-5-4-6-8-13/h4-8,11-12,14,16,20H,9-10H2,1-3H3. The molecule has 1 aromatic carbocycles. The Morgan fingerprint density at radius 3 is 2.57 bits per heavy atom. The minimum Gasteiger partial charge on any atom is -0.390 e. The molecule has 1 N–H and O–H groups in total. The van der Waals surface area contributed by atoms with Crippen LogP contribution in [0.3, 0.4) is 0 Å². The minimum atomic E-state index is -0.660. The number of methoxy groups -OCH3 is 1. The van der Waals surface area contributed by atoms with Crippen LogP contribution in [0, 0.1) is 5.92 Å². The largest absolute Gasteiger partial charge is 0.390 e. The second kappa shape index (κ2) is 7.33. The minimum absolute atomic E-state index is 0.365.